The first kappa shape index (κ1) is 14.5. The van der Waals surface area contributed by atoms with Crippen LogP contribution in [0.4, 0.5) is 17.3 Å². The second-order valence-electron chi connectivity index (χ2n) is 4.92. The summed E-state index contributed by atoms with van der Waals surface area (Å²) in [5, 5.41) is 2.79. The van der Waals surface area contributed by atoms with Crippen molar-refractivity contribution >= 4 is 23.2 Å². The Morgan fingerprint density at radius 1 is 0.957 bits per heavy atom. The van der Waals surface area contributed by atoms with Crippen molar-refractivity contribution < 1.29 is 4.79 Å². The monoisotopic (exact) mass is 305 g/mol. The number of hydrogen-bond donors (Lipinski definition) is 3. The molecule has 0 unspecified atom stereocenters. The van der Waals surface area contributed by atoms with E-state index in [1.54, 1.807) is 36.5 Å². The number of nitrogens with zero attached hydrogens (tertiary/aromatic N) is 2. The van der Waals surface area contributed by atoms with Gasteiger partial charge in [0.15, 0.2) is 0 Å². The van der Waals surface area contributed by atoms with E-state index in [-0.39, 0.29) is 11.9 Å². The third kappa shape index (κ3) is 3.26. The average Bonchev–Trinajstić information content (AvgIpc) is 2.57. The zero-order valence-electron chi connectivity index (χ0n) is 12.2. The third-order valence-corrected chi connectivity index (χ3v) is 3.33. The van der Waals surface area contributed by atoms with E-state index in [0.717, 1.165) is 5.56 Å². The van der Waals surface area contributed by atoms with Gasteiger partial charge in [-0.25, -0.2) is 9.97 Å². The predicted octanol–water partition coefficient (Wildman–Crippen LogP) is 2.56. The lowest BCUT2D eigenvalue weighted by molar-refractivity contribution is 0.102. The van der Waals surface area contributed by atoms with Crippen LogP contribution in [0.1, 0.15) is 10.4 Å². The van der Waals surface area contributed by atoms with Crippen molar-refractivity contribution in [2.75, 3.05) is 16.8 Å². The number of aromatic nitrogens is 2. The van der Waals surface area contributed by atoms with Crippen molar-refractivity contribution in [1.29, 1.82) is 0 Å². The molecular formula is C17H15N5O. The number of rotatable bonds is 3. The minimum atomic E-state index is -0.225. The highest BCUT2D eigenvalue weighted by atomic mass is 16.1. The summed E-state index contributed by atoms with van der Waals surface area (Å²) in [5.74, 6) is -0.0134. The number of hydrogen-bond acceptors (Lipinski definition) is 5. The highest BCUT2D eigenvalue weighted by molar-refractivity contribution is 6.05. The molecule has 6 heteroatoms. The van der Waals surface area contributed by atoms with Gasteiger partial charge in [-0.2, -0.15) is 0 Å². The molecule has 0 atom stereocenters. The minimum Gasteiger partial charge on any atom is -0.397 e. The Labute approximate surface area is 133 Å². The molecule has 5 N–H and O–H groups in total. The number of nitrogen functional groups attached to an aromatic ring is 2. The summed E-state index contributed by atoms with van der Waals surface area (Å²) in [4.78, 5) is 20.3. The summed E-state index contributed by atoms with van der Waals surface area (Å²) in [6.45, 7) is 0. The number of carbonyl (C=O) groups excluding carboxylic acids is 1. The van der Waals surface area contributed by atoms with Gasteiger partial charge in [0, 0.05) is 17.3 Å². The Kier molecular flexibility index (Phi) is 3.88. The molecule has 23 heavy (non-hydrogen) atoms. The Balaban J connectivity index is 1.79. The number of nitrogens with two attached hydrogens (primary N) is 2. The van der Waals surface area contributed by atoms with Gasteiger partial charge >= 0.3 is 0 Å². The number of para-hydroxylation sites is 2. The molecule has 6 nitrogen and oxygen atoms in total. The Morgan fingerprint density at radius 3 is 2.39 bits per heavy atom. The van der Waals surface area contributed by atoms with E-state index in [2.05, 4.69) is 15.3 Å². The molecule has 0 aliphatic carbocycles. The van der Waals surface area contributed by atoms with E-state index < -0.39 is 0 Å². The molecule has 0 fully saturated rings. The number of nitrogens with one attached hydrogen (secondary N) is 1. The molecule has 2 aromatic carbocycles. The van der Waals surface area contributed by atoms with Crippen LogP contribution in [0.5, 0.6) is 0 Å². The first-order valence-electron chi connectivity index (χ1n) is 6.98. The van der Waals surface area contributed by atoms with E-state index in [0.29, 0.717) is 22.6 Å². The number of benzene rings is 2. The summed E-state index contributed by atoms with van der Waals surface area (Å²) in [5.41, 5.74) is 14.6. The Bertz CT molecular complexity index is 846. The molecule has 0 aliphatic rings. The fraction of sp³-hybridized carbons (Fsp3) is 0. The van der Waals surface area contributed by atoms with Gasteiger partial charge in [-0.05, 0) is 30.3 Å². The number of amides is 1. The lowest BCUT2D eigenvalue weighted by atomic mass is 10.1. The van der Waals surface area contributed by atoms with Crippen molar-refractivity contribution in [3.8, 4) is 11.3 Å². The van der Waals surface area contributed by atoms with Crippen LogP contribution >= 0.6 is 0 Å². The van der Waals surface area contributed by atoms with Crippen molar-refractivity contribution in [1.82, 2.24) is 9.97 Å². The Morgan fingerprint density at radius 2 is 1.70 bits per heavy atom. The SMILES string of the molecule is Nc1nccc(-c2ccc(C(=O)Nc3ccccc3N)cc2)n1. The van der Waals surface area contributed by atoms with E-state index in [1.165, 1.54) is 0 Å². The molecule has 0 bridgehead atoms. The highest BCUT2D eigenvalue weighted by Crippen LogP contribution is 2.20. The number of anilines is 3. The van der Waals surface area contributed by atoms with Crippen LogP contribution in [-0.4, -0.2) is 15.9 Å². The molecule has 3 rings (SSSR count). The first-order valence-corrected chi connectivity index (χ1v) is 6.98. The maximum Gasteiger partial charge on any atom is 0.255 e. The summed E-state index contributed by atoms with van der Waals surface area (Å²) in [7, 11) is 0. The van der Waals surface area contributed by atoms with Crippen LogP contribution in [0.15, 0.2) is 60.8 Å². The summed E-state index contributed by atoms with van der Waals surface area (Å²) >= 11 is 0. The minimum absolute atomic E-state index is 0.212. The zero-order valence-corrected chi connectivity index (χ0v) is 12.2. The van der Waals surface area contributed by atoms with Gasteiger partial charge in [0.25, 0.3) is 5.91 Å². The second-order valence-corrected chi connectivity index (χ2v) is 4.92. The standard InChI is InChI=1S/C17H15N5O/c18-13-3-1-2-4-15(13)21-16(23)12-7-5-11(6-8-12)14-9-10-20-17(19)22-14/h1-10H,18H2,(H,21,23)(H2,19,20,22). The Hall–Kier alpha value is -3.41. The van der Waals surface area contributed by atoms with Crippen LogP contribution < -0.4 is 16.8 Å². The molecule has 114 valence electrons. The smallest absolute Gasteiger partial charge is 0.255 e. The fourth-order valence-electron chi connectivity index (χ4n) is 2.13. The summed E-state index contributed by atoms with van der Waals surface area (Å²) in [6, 6.07) is 15.9. The van der Waals surface area contributed by atoms with Crippen molar-refractivity contribution in [3.05, 3.63) is 66.4 Å². The van der Waals surface area contributed by atoms with E-state index in [1.807, 2.05) is 24.3 Å². The normalized spacial score (nSPS) is 10.3. The van der Waals surface area contributed by atoms with E-state index in [9.17, 15) is 4.79 Å². The van der Waals surface area contributed by atoms with Crippen LogP contribution in [-0.2, 0) is 0 Å². The maximum atomic E-state index is 12.3. The summed E-state index contributed by atoms with van der Waals surface area (Å²) in [6.07, 6.45) is 1.59. The van der Waals surface area contributed by atoms with Crippen LogP contribution in [0, 0.1) is 0 Å². The van der Waals surface area contributed by atoms with E-state index in [4.69, 9.17) is 11.5 Å². The maximum absolute atomic E-state index is 12.3. The molecular weight excluding hydrogens is 290 g/mol. The van der Waals surface area contributed by atoms with Gasteiger partial charge in [-0.3, -0.25) is 4.79 Å². The second kappa shape index (κ2) is 6.15. The highest BCUT2D eigenvalue weighted by Gasteiger charge is 2.08. The van der Waals surface area contributed by atoms with Gasteiger partial charge in [0.1, 0.15) is 0 Å². The fourth-order valence-corrected chi connectivity index (χ4v) is 2.13. The molecule has 1 amide bonds. The van der Waals surface area contributed by atoms with Gasteiger partial charge in [0.2, 0.25) is 5.95 Å². The number of carbonyl (C=O) groups is 1. The third-order valence-electron chi connectivity index (χ3n) is 3.33. The van der Waals surface area contributed by atoms with Crippen molar-refractivity contribution in [2.45, 2.75) is 0 Å². The van der Waals surface area contributed by atoms with Gasteiger partial charge in [0.05, 0.1) is 17.1 Å². The van der Waals surface area contributed by atoms with Crippen LogP contribution in [0.2, 0.25) is 0 Å². The molecule has 0 saturated carbocycles. The quantitative estimate of drug-likeness (QED) is 0.645. The largest absolute Gasteiger partial charge is 0.397 e. The predicted molar refractivity (Wildman–Crippen MR) is 90.7 cm³/mol. The molecule has 1 aromatic heterocycles. The first-order chi connectivity index (χ1) is 11.1. The average molecular weight is 305 g/mol. The molecule has 0 spiro atoms. The lowest BCUT2D eigenvalue weighted by Gasteiger charge is -2.08. The molecule has 3 aromatic rings. The molecule has 0 radical (unpaired) electrons. The van der Waals surface area contributed by atoms with Crippen molar-refractivity contribution in [2.24, 2.45) is 0 Å². The molecule has 0 saturated heterocycles. The topological polar surface area (TPSA) is 107 Å². The van der Waals surface area contributed by atoms with Gasteiger partial charge in [-0.15, -0.1) is 0 Å². The van der Waals surface area contributed by atoms with E-state index >= 15 is 0 Å². The molecule has 1 heterocycles. The summed E-state index contributed by atoms with van der Waals surface area (Å²) < 4.78 is 0. The lowest BCUT2D eigenvalue weighted by Crippen LogP contribution is -2.13. The van der Waals surface area contributed by atoms with Gasteiger partial charge < -0.3 is 16.8 Å². The zero-order chi connectivity index (χ0) is 16.2. The van der Waals surface area contributed by atoms with Crippen LogP contribution in [0.25, 0.3) is 11.3 Å². The van der Waals surface area contributed by atoms with Gasteiger partial charge in [-0.1, -0.05) is 24.3 Å². The van der Waals surface area contributed by atoms with Crippen molar-refractivity contribution in [3.63, 3.8) is 0 Å². The van der Waals surface area contributed by atoms with Crippen LogP contribution in [0.3, 0.4) is 0 Å². The molecule has 0 aliphatic heterocycles.